The maximum absolute atomic E-state index is 11.1. The van der Waals surface area contributed by atoms with E-state index in [9.17, 15) is 9.59 Å². The van der Waals surface area contributed by atoms with Gasteiger partial charge in [0, 0.05) is 0 Å². The van der Waals surface area contributed by atoms with Gasteiger partial charge in [0.15, 0.2) is 0 Å². The van der Waals surface area contributed by atoms with Gasteiger partial charge in [0.2, 0.25) is 0 Å². The third-order valence-corrected chi connectivity index (χ3v) is 1.85. The van der Waals surface area contributed by atoms with Crippen molar-refractivity contribution in [2.24, 2.45) is 10.2 Å². The number of carbonyl (C=O) groups is 2. The van der Waals surface area contributed by atoms with E-state index >= 15 is 0 Å². The molecule has 6 heteroatoms. The quantitative estimate of drug-likeness (QED) is 0.768. The molecule has 96 valence electrons. The van der Waals surface area contributed by atoms with Crippen LogP contribution < -0.4 is 0 Å². The SMILES string of the molecule is CCCOC(=O)/N=N/C(=O)OCc1ccccc1. The molecule has 0 aromatic heterocycles. The number of nitrogens with zero attached hydrogens (tertiary/aromatic N) is 2. The van der Waals surface area contributed by atoms with E-state index in [0.717, 1.165) is 5.56 Å². The van der Waals surface area contributed by atoms with Crippen molar-refractivity contribution in [3.05, 3.63) is 35.9 Å². The Balaban J connectivity index is 2.29. The molecule has 0 heterocycles. The van der Waals surface area contributed by atoms with Crippen molar-refractivity contribution < 1.29 is 19.1 Å². The van der Waals surface area contributed by atoms with Gasteiger partial charge in [0.25, 0.3) is 0 Å². The monoisotopic (exact) mass is 250 g/mol. The molecule has 2 amide bonds. The third-order valence-electron chi connectivity index (χ3n) is 1.85. The highest BCUT2D eigenvalue weighted by atomic mass is 16.6. The first-order valence-corrected chi connectivity index (χ1v) is 5.51. The summed E-state index contributed by atoms with van der Waals surface area (Å²) in [5, 5.41) is 6.14. The molecule has 0 atom stereocenters. The fourth-order valence-electron chi connectivity index (χ4n) is 1.05. The van der Waals surface area contributed by atoms with E-state index in [4.69, 9.17) is 4.74 Å². The number of ether oxygens (including phenoxy) is 2. The summed E-state index contributed by atoms with van der Waals surface area (Å²) in [6.45, 7) is 2.18. The number of hydrogen-bond donors (Lipinski definition) is 0. The fraction of sp³-hybridized carbons (Fsp3) is 0.333. The zero-order chi connectivity index (χ0) is 13.2. The molecule has 0 saturated carbocycles. The van der Waals surface area contributed by atoms with E-state index in [-0.39, 0.29) is 13.2 Å². The fourth-order valence-corrected chi connectivity index (χ4v) is 1.05. The minimum atomic E-state index is -0.924. The van der Waals surface area contributed by atoms with E-state index in [1.807, 2.05) is 25.1 Å². The second-order valence-electron chi connectivity index (χ2n) is 3.35. The summed E-state index contributed by atoms with van der Waals surface area (Å²) in [6, 6.07) is 9.12. The van der Waals surface area contributed by atoms with Crippen molar-refractivity contribution in [3.63, 3.8) is 0 Å². The van der Waals surface area contributed by atoms with E-state index in [2.05, 4.69) is 15.0 Å². The lowest BCUT2D eigenvalue weighted by molar-refractivity contribution is 0.142. The van der Waals surface area contributed by atoms with Crippen LogP contribution in [0, 0.1) is 0 Å². The zero-order valence-electron chi connectivity index (χ0n) is 10.0. The van der Waals surface area contributed by atoms with Gasteiger partial charge >= 0.3 is 12.2 Å². The van der Waals surface area contributed by atoms with Crippen molar-refractivity contribution in [1.29, 1.82) is 0 Å². The number of rotatable bonds is 4. The van der Waals surface area contributed by atoms with E-state index in [1.54, 1.807) is 12.1 Å². The molecule has 0 N–H and O–H groups in total. The Kier molecular flexibility index (Phi) is 6.10. The van der Waals surface area contributed by atoms with Crippen LogP contribution in [0.5, 0.6) is 0 Å². The predicted molar refractivity (Wildman–Crippen MR) is 63.1 cm³/mol. The Bertz CT molecular complexity index is 417. The van der Waals surface area contributed by atoms with Crippen LogP contribution in [0.3, 0.4) is 0 Å². The highest BCUT2D eigenvalue weighted by Gasteiger charge is 2.03. The molecule has 6 nitrogen and oxygen atoms in total. The summed E-state index contributed by atoms with van der Waals surface area (Å²) in [7, 11) is 0. The first-order valence-electron chi connectivity index (χ1n) is 5.51. The molecule has 1 aromatic carbocycles. The van der Waals surface area contributed by atoms with Crippen molar-refractivity contribution in [2.45, 2.75) is 20.0 Å². The summed E-state index contributed by atoms with van der Waals surface area (Å²) in [6.07, 6.45) is -1.14. The number of amides is 2. The first kappa shape index (κ1) is 13.8. The molecule has 0 saturated heterocycles. The van der Waals surface area contributed by atoms with Gasteiger partial charge < -0.3 is 9.47 Å². The number of azo groups is 1. The van der Waals surface area contributed by atoms with Gasteiger partial charge in [-0.3, -0.25) is 0 Å². The second kappa shape index (κ2) is 7.94. The van der Waals surface area contributed by atoms with Crippen LogP contribution in [0.15, 0.2) is 40.6 Å². The van der Waals surface area contributed by atoms with Crippen LogP contribution in [-0.4, -0.2) is 18.8 Å². The molecule has 0 unspecified atom stereocenters. The molecule has 0 aliphatic rings. The average Bonchev–Trinajstić information content (AvgIpc) is 2.41. The van der Waals surface area contributed by atoms with Gasteiger partial charge in [-0.15, -0.1) is 0 Å². The minimum Gasteiger partial charge on any atom is -0.447 e. The summed E-state index contributed by atoms with van der Waals surface area (Å²) >= 11 is 0. The van der Waals surface area contributed by atoms with Gasteiger partial charge in [0.05, 0.1) is 6.61 Å². The lowest BCUT2D eigenvalue weighted by Gasteiger charge is -2.00. The van der Waals surface area contributed by atoms with Crippen molar-refractivity contribution in [2.75, 3.05) is 6.61 Å². The van der Waals surface area contributed by atoms with Gasteiger partial charge in [-0.05, 0) is 12.0 Å². The average molecular weight is 250 g/mol. The molecule has 1 rings (SSSR count). The summed E-state index contributed by atoms with van der Waals surface area (Å²) in [5.74, 6) is 0. The van der Waals surface area contributed by atoms with Gasteiger partial charge in [0.1, 0.15) is 6.61 Å². The Morgan fingerprint density at radius 2 is 1.67 bits per heavy atom. The molecule has 0 spiro atoms. The first-order chi connectivity index (χ1) is 8.72. The van der Waals surface area contributed by atoms with Crippen LogP contribution in [-0.2, 0) is 16.1 Å². The van der Waals surface area contributed by atoms with Gasteiger partial charge in [-0.1, -0.05) is 47.5 Å². The Morgan fingerprint density at radius 1 is 1.06 bits per heavy atom. The molecule has 0 bridgehead atoms. The normalized spacial score (nSPS) is 10.3. The molecule has 0 aliphatic heterocycles. The van der Waals surface area contributed by atoms with Crippen LogP contribution in [0.4, 0.5) is 9.59 Å². The smallest absolute Gasteiger partial charge is 0.447 e. The Hall–Kier alpha value is -2.24. The van der Waals surface area contributed by atoms with Crippen LogP contribution in [0.25, 0.3) is 0 Å². The number of hydrogen-bond acceptors (Lipinski definition) is 4. The number of benzene rings is 1. The Morgan fingerprint density at radius 3 is 2.28 bits per heavy atom. The summed E-state index contributed by atoms with van der Waals surface area (Å²) in [4.78, 5) is 22.0. The van der Waals surface area contributed by atoms with E-state index in [0.29, 0.717) is 6.42 Å². The van der Waals surface area contributed by atoms with Gasteiger partial charge in [-0.2, -0.15) is 0 Å². The standard InChI is InChI=1S/C12H14N2O4/c1-2-8-17-11(15)13-14-12(16)18-9-10-6-4-3-5-7-10/h3-7H,2,8-9H2,1H3/b14-13+. The van der Waals surface area contributed by atoms with Crippen molar-refractivity contribution in [1.82, 2.24) is 0 Å². The predicted octanol–water partition coefficient (Wildman–Crippen LogP) is 3.32. The van der Waals surface area contributed by atoms with Crippen molar-refractivity contribution in [3.8, 4) is 0 Å². The van der Waals surface area contributed by atoms with Crippen LogP contribution in [0.2, 0.25) is 0 Å². The molecule has 0 radical (unpaired) electrons. The third kappa shape index (κ3) is 5.74. The van der Waals surface area contributed by atoms with Crippen molar-refractivity contribution >= 4 is 12.2 Å². The summed E-state index contributed by atoms with van der Waals surface area (Å²) < 4.78 is 9.37. The van der Waals surface area contributed by atoms with Crippen LogP contribution >= 0.6 is 0 Å². The summed E-state index contributed by atoms with van der Waals surface area (Å²) in [5.41, 5.74) is 0.828. The Labute approximate surface area is 105 Å². The second-order valence-corrected chi connectivity index (χ2v) is 3.35. The largest absolute Gasteiger partial charge is 0.452 e. The van der Waals surface area contributed by atoms with Crippen LogP contribution in [0.1, 0.15) is 18.9 Å². The molecular weight excluding hydrogens is 236 g/mol. The maximum atomic E-state index is 11.1. The molecule has 0 aliphatic carbocycles. The highest BCUT2D eigenvalue weighted by molar-refractivity contribution is 5.73. The minimum absolute atomic E-state index is 0.0860. The lowest BCUT2D eigenvalue weighted by Crippen LogP contribution is -2.02. The highest BCUT2D eigenvalue weighted by Crippen LogP contribution is 2.01. The molecule has 1 aromatic rings. The molecular formula is C12H14N2O4. The van der Waals surface area contributed by atoms with E-state index in [1.165, 1.54) is 0 Å². The van der Waals surface area contributed by atoms with E-state index < -0.39 is 12.2 Å². The molecule has 18 heavy (non-hydrogen) atoms. The molecule has 0 fully saturated rings. The lowest BCUT2D eigenvalue weighted by atomic mass is 10.2. The zero-order valence-corrected chi connectivity index (χ0v) is 10.0. The van der Waals surface area contributed by atoms with Gasteiger partial charge in [-0.25, -0.2) is 9.59 Å². The number of carbonyl (C=O) groups excluding carboxylic acids is 2. The maximum Gasteiger partial charge on any atom is 0.452 e. The topological polar surface area (TPSA) is 77.3 Å².